The van der Waals surface area contributed by atoms with Crippen LogP contribution in [0.2, 0.25) is 0 Å². The van der Waals surface area contributed by atoms with Crippen LogP contribution in [-0.2, 0) is 19.1 Å². The molecule has 2 N–H and O–H groups in total. The Morgan fingerprint density at radius 1 is 1.00 bits per heavy atom. The Hall–Kier alpha value is -2.17. The van der Waals surface area contributed by atoms with Gasteiger partial charge in [-0.05, 0) is 36.2 Å². The molecule has 0 heterocycles. The van der Waals surface area contributed by atoms with Crippen molar-refractivity contribution < 1.29 is 22.6 Å². The molecule has 5 nitrogen and oxygen atoms in total. The van der Waals surface area contributed by atoms with Gasteiger partial charge in [0.25, 0.3) is 0 Å². The lowest BCUT2D eigenvalue weighted by atomic mass is 10.1. The number of methoxy groups -OCH3 is 2. The van der Waals surface area contributed by atoms with Crippen LogP contribution in [0.4, 0.5) is 13.2 Å². The molecule has 2 aromatic carbocycles. The van der Waals surface area contributed by atoms with Crippen molar-refractivity contribution in [2.75, 3.05) is 27.8 Å². The number of ether oxygens (including phenoxy) is 2. The minimum atomic E-state index is -4.31. The highest BCUT2D eigenvalue weighted by atomic mass is 127. The predicted octanol–water partition coefficient (Wildman–Crippen LogP) is 4.25. The molecule has 0 fully saturated rings. The SMILES string of the molecule is CN=C(NCCc1ccc(C(F)(F)F)cc1)NCc1ccc(OC)cc1OC.I. The molecule has 160 valence electrons. The first-order valence-corrected chi connectivity index (χ1v) is 8.69. The smallest absolute Gasteiger partial charge is 0.416 e. The standard InChI is InChI=1S/C20H24F3N3O2.HI/c1-24-19(26-13-15-6-9-17(27-2)12-18(15)28-3)25-11-10-14-4-7-16(8-5-14)20(21,22)23;/h4-9,12H,10-11,13H2,1-3H3,(H2,24,25,26);1H. The van der Waals surface area contributed by atoms with Gasteiger partial charge in [0.2, 0.25) is 0 Å². The molecule has 0 aromatic heterocycles. The van der Waals surface area contributed by atoms with E-state index in [2.05, 4.69) is 15.6 Å². The number of hydrogen-bond donors (Lipinski definition) is 2. The summed E-state index contributed by atoms with van der Waals surface area (Å²) in [6, 6.07) is 10.7. The van der Waals surface area contributed by atoms with Gasteiger partial charge in [-0.3, -0.25) is 4.99 Å². The van der Waals surface area contributed by atoms with Crippen LogP contribution >= 0.6 is 24.0 Å². The van der Waals surface area contributed by atoms with Gasteiger partial charge in [0.05, 0.1) is 19.8 Å². The number of benzene rings is 2. The summed E-state index contributed by atoms with van der Waals surface area (Å²) in [7, 11) is 4.84. The Bertz CT molecular complexity index is 797. The molecule has 0 aliphatic carbocycles. The number of rotatable bonds is 7. The zero-order valence-electron chi connectivity index (χ0n) is 16.5. The lowest BCUT2D eigenvalue weighted by Gasteiger charge is -2.14. The Morgan fingerprint density at radius 3 is 2.24 bits per heavy atom. The molecule has 0 spiro atoms. The molecule has 2 aromatic rings. The summed E-state index contributed by atoms with van der Waals surface area (Å²) in [6.07, 6.45) is -3.74. The van der Waals surface area contributed by atoms with E-state index in [4.69, 9.17) is 9.47 Å². The highest BCUT2D eigenvalue weighted by molar-refractivity contribution is 14.0. The van der Waals surface area contributed by atoms with Crippen molar-refractivity contribution in [2.45, 2.75) is 19.1 Å². The van der Waals surface area contributed by atoms with Crippen molar-refractivity contribution in [2.24, 2.45) is 4.99 Å². The fraction of sp³-hybridized carbons (Fsp3) is 0.350. The Balaban J connectivity index is 0.00000420. The maximum atomic E-state index is 12.6. The van der Waals surface area contributed by atoms with Gasteiger partial charge >= 0.3 is 6.18 Å². The van der Waals surface area contributed by atoms with E-state index in [-0.39, 0.29) is 24.0 Å². The molecule has 0 aliphatic heterocycles. The first-order valence-electron chi connectivity index (χ1n) is 8.69. The van der Waals surface area contributed by atoms with E-state index in [1.54, 1.807) is 27.3 Å². The topological polar surface area (TPSA) is 54.9 Å². The van der Waals surface area contributed by atoms with Gasteiger partial charge in [0.1, 0.15) is 11.5 Å². The summed E-state index contributed by atoms with van der Waals surface area (Å²) in [6.45, 7) is 1.03. The Kier molecular flexibility index (Phi) is 10.1. The number of hydrogen-bond acceptors (Lipinski definition) is 3. The van der Waals surface area contributed by atoms with Gasteiger partial charge in [0, 0.05) is 31.8 Å². The summed E-state index contributed by atoms with van der Waals surface area (Å²) >= 11 is 0. The van der Waals surface area contributed by atoms with Gasteiger partial charge in [-0.25, -0.2) is 0 Å². The van der Waals surface area contributed by atoms with E-state index in [0.717, 1.165) is 23.3 Å². The van der Waals surface area contributed by atoms with Crippen molar-refractivity contribution in [1.29, 1.82) is 0 Å². The molecule has 0 radical (unpaired) electrons. The molecular weight excluding hydrogens is 498 g/mol. The first-order chi connectivity index (χ1) is 13.4. The summed E-state index contributed by atoms with van der Waals surface area (Å²) < 4.78 is 48.3. The lowest BCUT2D eigenvalue weighted by Crippen LogP contribution is -2.37. The summed E-state index contributed by atoms with van der Waals surface area (Å²) in [5.41, 5.74) is 1.11. The molecule has 0 bridgehead atoms. The fourth-order valence-corrected chi connectivity index (χ4v) is 2.58. The third kappa shape index (κ3) is 7.64. The molecule has 0 atom stereocenters. The molecule has 0 saturated carbocycles. The van der Waals surface area contributed by atoms with Crippen molar-refractivity contribution in [3.63, 3.8) is 0 Å². The largest absolute Gasteiger partial charge is 0.497 e. The van der Waals surface area contributed by atoms with Gasteiger partial charge in [-0.1, -0.05) is 12.1 Å². The zero-order valence-corrected chi connectivity index (χ0v) is 18.8. The summed E-state index contributed by atoms with van der Waals surface area (Å²) in [4.78, 5) is 4.15. The van der Waals surface area contributed by atoms with Crippen LogP contribution in [0.3, 0.4) is 0 Å². The molecule has 0 unspecified atom stereocenters. The van der Waals surface area contributed by atoms with Crippen molar-refractivity contribution >= 4 is 29.9 Å². The van der Waals surface area contributed by atoms with Gasteiger partial charge in [-0.15, -0.1) is 24.0 Å². The second kappa shape index (κ2) is 11.7. The molecule has 29 heavy (non-hydrogen) atoms. The second-order valence-corrected chi connectivity index (χ2v) is 5.98. The minimum absolute atomic E-state index is 0. The van der Waals surface area contributed by atoms with Crippen molar-refractivity contribution in [1.82, 2.24) is 10.6 Å². The summed E-state index contributed by atoms with van der Waals surface area (Å²) in [5.74, 6) is 2.00. The summed E-state index contributed by atoms with van der Waals surface area (Å²) in [5, 5.41) is 6.33. The van der Waals surface area contributed by atoms with E-state index < -0.39 is 11.7 Å². The third-order valence-electron chi connectivity index (χ3n) is 4.15. The normalized spacial score (nSPS) is 11.4. The van der Waals surface area contributed by atoms with Crippen molar-refractivity contribution in [3.05, 3.63) is 59.2 Å². The Labute approximate surface area is 185 Å². The van der Waals surface area contributed by atoms with Gasteiger partial charge in [-0.2, -0.15) is 13.2 Å². The highest BCUT2D eigenvalue weighted by Crippen LogP contribution is 2.29. The van der Waals surface area contributed by atoms with Crippen LogP contribution in [0.15, 0.2) is 47.5 Å². The molecule has 9 heteroatoms. The molecule has 0 amide bonds. The number of halogens is 4. The van der Waals surface area contributed by atoms with Crippen LogP contribution < -0.4 is 20.1 Å². The number of aliphatic imine (C=N–C) groups is 1. The first kappa shape index (κ1) is 24.9. The van der Waals surface area contributed by atoms with Gasteiger partial charge < -0.3 is 20.1 Å². The van der Waals surface area contributed by atoms with E-state index in [0.29, 0.717) is 37.0 Å². The highest BCUT2D eigenvalue weighted by Gasteiger charge is 2.29. The van der Waals surface area contributed by atoms with Crippen LogP contribution in [-0.4, -0.2) is 33.8 Å². The fourth-order valence-electron chi connectivity index (χ4n) is 2.58. The maximum absolute atomic E-state index is 12.6. The number of nitrogens with one attached hydrogen (secondary N) is 2. The van der Waals surface area contributed by atoms with Crippen LogP contribution in [0, 0.1) is 0 Å². The molecular formula is C20H25F3IN3O2. The molecule has 0 aliphatic rings. The van der Waals surface area contributed by atoms with E-state index in [1.165, 1.54) is 12.1 Å². The van der Waals surface area contributed by atoms with Crippen molar-refractivity contribution in [3.8, 4) is 11.5 Å². The van der Waals surface area contributed by atoms with E-state index in [9.17, 15) is 13.2 Å². The number of guanidine groups is 1. The average molecular weight is 523 g/mol. The lowest BCUT2D eigenvalue weighted by molar-refractivity contribution is -0.137. The van der Waals surface area contributed by atoms with E-state index >= 15 is 0 Å². The zero-order chi connectivity index (χ0) is 20.6. The predicted molar refractivity (Wildman–Crippen MR) is 118 cm³/mol. The quantitative estimate of drug-likeness (QED) is 0.324. The van der Waals surface area contributed by atoms with Gasteiger partial charge in [0.15, 0.2) is 5.96 Å². The second-order valence-electron chi connectivity index (χ2n) is 5.98. The van der Waals surface area contributed by atoms with Crippen LogP contribution in [0.25, 0.3) is 0 Å². The third-order valence-corrected chi connectivity index (χ3v) is 4.15. The Morgan fingerprint density at radius 2 is 1.69 bits per heavy atom. The number of alkyl halides is 3. The number of nitrogens with zero attached hydrogens (tertiary/aromatic N) is 1. The van der Waals surface area contributed by atoms with E-state index in [1.807, 2.05) is 12.1 Å². The molecule has 0 saturated heterocycles. The minimum Gasteiger partial charge on any atom is -0.497 e. The average Bonchev–Trinajstić information content (AvgIpc) is 2.70. The maximum Gasteiger partial charge on any atom is 0.416 e. The monoisotopic (exact) mass is 523 g/mol. The van der Waals surface area contributed by atoms with Crippen LogP contribution in [0.5, 0.6) is 11.5 Å². The van der Waals surface area contributed by atoms with Crippen LogP contribution in [0.1, 0.15) is 16.7 Å². The molecule has 2 rings (SSSR count).